The van der Waals surface area contributed by atoms with Crippen molar-refractivity contribution in [1.29, 1.82) is 0 Å². The summed E-state index contributed by atoms with van der Waals surface area (Å²) in [7, 11) is 1.63. The summed E-state index contributed by atoms with van der Waals surface area (Å²) in [4.78, 5) is 0. The van der Waals surface area contributed by atoms with Crippen molar-refractivity contribution in [2.24, 2.45) is 0 Å². The maximum Gasteiger partial charge on any atom is 0.164 e. The van der Waals surface area contributed by atoms with Gasteiger partial charge in [0.1, 0.15) is 0 Å². The van der Waals surface area contributed by atoms with Gasteiger partial charge < -0.3 is 10.1 Å². The molecular weight excluding hydrogens is 260 g/mol. The standard InChI is InChI=1S/C16H17F2NO/c1-11(14-7-4-8-15(17)16(14)18)19-13-6-3-5-12(9-13)10-20-2/h3-9,11,19H,10H2,1-2H3. The third-order valence-corrected chi connectivity index (χ3v) is 3.07. The van der Waals surface area contributed by atoms with E-state index in [1.807, 2.05) is 24.3 Å². The molecule has 1 N–H and O–H groups in total. The monoisotopic (exact) mass is 277 g/mol. The average Bonchev–Trinajstić information content (AvgIpc) is 2.42. The number of ether oxygens (including phenoxy) is 1. The van der Waals surface area contributed by atoms with E-state index in [1.165, 1.54) is 6.07 Å². The summed E-state index contributed by atoms with van der Waals surface area (Å²) < 4.78 is 32.0. The van der Waals surface area contributed by atoms with Gasteiger partial charge in [-0.05, 0) is 30.7 Å². The zero-order valence-corrected chi connectivity index (χ0v) is 11.5. The molecule has 0 amide bonds. The summed E-state index contributed by atoms with van der Waals surface area (Å²) in [6.45, 7) is 2.30. The van der Waals surface area contributed by atoms with Crippen LogP contribution < -0.4 is 5.32 Å². The summed E-state index contributed by atoms with van der Waals surface area (Å²) in [6, 6.07) is 11.5. The van der Waals surface area contributed by atoms with Crippen LogP contribution in [0.15, 0.2) is 42.5 Å². The first-order chi connectivity index (χ1) is 9.61. The van der Waals surface area contributed by atoms with Crippen molar-refractivity contribution in [3.8, 4) is 0 Å². The molecule has 0 bridgehead atoms. The SMILES string of the molecule is COCc1cccc(NC(C)c2cccc(F)c2F)c1. The summed E-state index contributed by atoms with van der Waals surface area (Å²) in [6.07, 6.45) is 0. The molecule has 0 aromatic heterocycles. The lowest BCUT2D eigenvalue weighted by atomic mass is 10.1. The van der Waals surface area contributed by atoms with Crippen molar-refractivity contribution >= 4 is 5.69 Å². The first-order valence-electron chi connectivity index (χ1n) is 6.40. The topological polar surface area (TPSA) is 21.3 Å². The molecule has 20 heavy (non-hydrogen) atoms. The van der Waals surface area contributed by atoms with Crippen molar-refractivity contribution in [3.63, 3.8) is 0 Å². The largest absolute Gasteiger partial charge is 0.380 e. The summed E-state index contributed by atoms with van der Waals surface area (Å²) >= 11 is 0. The number of anilines is 1. The second-order valence-electron chi connectivity index (χ2n) is 4.64. The third-order valence-electron chi connectivity index (χ3n) is 3.07. The zero-order valence-electron chi connectivity index (χ0n) is 11.5. The van der Waals surface area contributed by atoms with Crippen LogP contribution in [0.1, 0.15) is 24.1 Å². The van der Waals surface area contributed by atoms with Crippen LogP contribution in [0.2, 0.25) is 0 Å². The van der Waals surface area contributed by atoms with Crippen LogP contribution in [0.4, 0.5) is 14.5 Å². The van der Waals surface area contributed by atoms with E-state index in [0.29, 0.717) is 12.2 Å². The van der Waals surface area contributed by atoms with Crippen LogP contribution in [0.3, 0.4) is 0 Å². The van der Waals surface area contributed by atoms with E-state index in [2.05, 4.69) is 5.32 Å². The number of benzene rings is 2. The number of methoxy groups -OCH3 is 1. The zero-order chi connectivity index (χ0) is 14.5. The molecule has 0 fully saturated rings. The molecule has 0 aliphatic rings. The summed E-state index contributed by atoms with van der Waals surface area (Å²) in [5.74, 6) is -1.63. The van der Waals surface area contributed by atoms with Gasteiger partial charge in [0.2, 0.25) is 0 Å². The van der Waals surface area contributed by atoms with E-state index in [1.54, 1.807) is 20.1 Å². The fraction of sp³-hybridized carbons (Fsp3) is 0.250. The third kappa shape index (κ3) is 3.33. The minimum atomic E-state index is -0.829. The fourth-order valence-corrected chi connectivity index (χ4v) is 2.10. The number of hydrogen-bond acceptors (Lipinski definition) is 2. The highest BCUT2D eigenvalue weighted by atomic mass is 19.2. The maximum atomic E-state index is 13.7. The van der Waals surface area contributed by atoms with Gasteiger partial charge in [-0.15, -0.1) is 0 Å². The first kappa shape index (κ1) is 14.5. The Morgan fingerprint density at radius 1 is 1.15 bits per heavy atom. The number of hydrogen-bond donors (Lipinski definition) is 1. The van der Waals surface area contributed by atoms with Crippen LogP contribution in [-0.4, -0.2) is 7.11 Å². The highest BCUT2D eigenvalue weighted by Gasteiger charge is 2.14. The van der Waals surface area contributed by atoms with Gasteiger partial charge in [0.15, 0.2) is 11.6 Å². The molecule has 4 heteroatoms. The molecule has 0 saturated heterocycles. The maximum absolute atomic E-state index is 13.7. The Morgan fingerprint density at radius 2 is 1.90 bits per heavy atom. The predicted octanol–water partition coefficient (Wildman–Crippen LogP) is 4.28. The lowest BCUT2D eigenvalue weighted by molar-refractivity contribution is 0.185. The molecular formula is C16H17F2NO. The van der Waals surface area contributed by atoms with E-state index < -0.39 is 11.6 Å². The van der Waals surface area contributed by atoms with Crippen molar-refractivity contribution < 1.29 is 13.5 Å². The van der Waals surface area contributed by atoms with Gasteiger partial charge in [-0.1, -0.05) is 24.3 Å². The Labute approximate surface area is 117 Å². The molecule has 2 aromatic rings. The highest BCUT2D eigenvalue weighted by molar-refractivity contribution is 5.47. The van der Waals surface area contributed by atoms with E-state index in [9.17, 15) is 8.78 Å². The smallest absolute Gasteiger partial charge is 0.164 e. The van der Waals surface area contributed by atoms with E-state index in [0.717, 1.165) is 17.3 Å². The van der Waals surface area contributed by atoms with E-state index in [-0.39, 0.29) is 6.04 Å². The van der Waals surface area contributed by atoms with Crippen molar-refractivity contribution in [2.75, 3.05) is 12.4 Å². The normalized spacial score (nSPS) is 12.2. The van der Waals surface area contributed by atoms with Crippen LogP contribution in [-0.2, 0) is 11.3 Å². The fourth-order valence-electron chi connectivity index (χ4n) is 2.10. The van der Waals surface area contributed by atoms with Gasteiger partial charge in [0, 0.05) is 18.4 Å². The van der Waals surface area contributed by atoms with Crippen molar-refractivity contribution in [1.82, 2.24) is 0 Å². The second-order valence-corrected chi connectivity index (χ2v) is 4.64. The van der Waals surface area contributed by atoms with Gasteiger partial charge in [0.05, 0.1) is 12.6 Å². The summed E-state index contributed by atoms with van der Waals surface area (Å²) in [5.41, 5.74) is 2.17. The number of rotatable bonds is 5. The Morgan fingerprint density at radius 3 is 2.65 bits per heavy atom. The number of halogens is 2. The first-order valence-corrected chi connectivity index (χ1v) is 6.40. The predicted molar refractivity (Wildman–Crippen MR) is 75.6 cm³/mol. The molecule has 0 saturated carbocycles. The lowest BCUT2D eigenvalue weighted by Crippen LogP contribution is -2.09. The van der Waals surface area contributed by atoms with Crippen LogP contribution >= 0.6 is 0 Å². The van der Waals surface area contributed by atoms with Gasteiger partial charge in [-0.3, -0.25) is 0 Å². The lowest BCUT2D eigenvalue weighted by Gasteiger charge is -2.17. The van der Waals surface area contributed by atoms with Gasteiger partial charge in [-0.2, -0.15) is 0 Å². The molecule has 2 aromatic carbocycles. The summed E-state index contributed by atoms with van der Waals surface area (Å²) in [5, 5.41) is 3.16. The molecule has 0 spiro atoms. The molecule has 0 heterocycles. The second kappa shape index (κ2) is 6.48. The van der Waals surface area contributed by atoms with E-state index in [4.69, 9.17) is 4.74 Å². The molecule has 0 radical (unpaired) electrons. The molecule has 106 valence electrons. The molecule has 1 atom stereocenters. The van der Waals surface area contributed by atoms with Crippen molar-refractivity contribution in [2.45, 2.75) is 19.6 Å². The van der Waals surface area contributed by atoms with Gasteiger partial charge >= 0.3 is 0 Å². The number of nitrogens with one attached hydrogen (secondary N) is 1. The van der Waals surface area contributed by atoms with Crippen LogP contribution in [0.25, 0.3) is 0 Å². The Kier molecular flexibility index (Phi) is 4.69. The molecule has 0 aliphatic heterocycles. The minimum Gasteiger partial charge on any atom is -0.380 e. The molecule has 2 rings (SSSR count). The van der Waals surface area contributed by atoms with Gasteiger partial charge in [0.25, 0.3) is 0 Å². The molecule has 0 aliphatic carbocycles. The molecule has 2 nitrogen and oxygen atoms in total. The Bertz CT molecular complexity index is 586. The van der Waals surface area contributed by atoms with Crippen LogP contribution in [0, 0.1) is 11.6 Å². The minimum absolute atomic E-state index is 0.308. The average molecular weight is 277 g/mol. The Balaban J connectivity index is 2.17. The van der Waals surface area contributed by atoms with Crippen molar-refractivity contribution in [3.05, 3.63) is 65.2 Å². The Hall–Kier alpha value is -1.94. The van der Waals surface area contributed by atoms with Gasteiger partial charge in [-0.25, -0.2) is 8.78 Å². The van der Waals surface area contributed by atoms with E-state index >= 15 is 0 Å². The molecule has 1 unspecified atom stereocenters. The highest BCUT2D eigenvalue weighted by Crippen LogP contribution is 2.23. The quantitative estimate of drug-likeness (QED) is 0.880. The van der Waals surface area contributed by atoms with Crippen LogP contribution in [0.5, 0.6) is 0 Å².